The lowest BCUT2D eigenvalue weighted by Crippen LogP contribution is -2.54. The van der Waals surface area contributed by atoms with E-state index in [1.165, 1.54) is 18.2 Å². The maximum absolute atomic E-state index is 12.8. The second-order valence-electron chi connectivity index (χ2n) is 6.36. The van der Waals surface area contributed by atoms with E-state index in [0.29, 0.717) is 31.7 Å². The van der Waals surface area contributed by atoms with Crippen molar-refractivity contribution in [1.29, 1.82) is 0 Å². The van der Waals surface area contributed by atoms with Crippen LogP contribution in [-0.2, 0) is 6.18 Å². The lowest BCUT2D eigenvalue weighted by atomic mass is 9.88. The third kappa shape index (κ3) is 5.90. The number of alkyl halides is 4. The number of hydrogen-bond donors (Lipinski definition) is 4. The van der Waals surface area contributed by atoms with E-state index in [-0.39, 0.29) is 5.57 Å². The van der Waals surface area contributed by atoms with Crippen LogP contribution in [0, 0.1) is 0 Å². The first-order chi connectivity index (χ1) is 12.7. The molecule has 1 aliphatic carbocycles. The molecule has 0 aliphatic heterocycles. The molecule has 1 aliphatic rings. The molecule has 0 fully saturated rings. The summed E-state index contributed by atoms with van der Waals surface area (Å²) < 4.78 is 55.6. The number of benzene rings is 1. The third-order valence-electron chi connectivity index (χ3n) is 4.37. The number of aliphatic hydroxyl groups is 3. The fourth-order valence-corrected chi connectivity index (χ4v) is 2.78. The van der Waals surface area contributed by atoms with E-state index in [1.807, 2.05) is 0 Å². The van der Waals surface area contributed by atoms with Crippen molar-refractivity contribution in [2.75, 3.05) is 19.8 Å². The molecule has 152 valence electrons. The summed E-state index contributed by atoms with van der Waals surface area (Å²) in [6.07, 6.45) is -5.90. The predicted octanol–water partition coefficient (Wildman–Crippen LogP) is 1.81. The molecule has 1 aromatic rings. The zero-order valence-electron chi connectivity index (χ0n) is 14.5. The Labute approximate surface area is 154 Å². The van der Waals surface area contributed by atoms with Gasteiger partial charge < -0.3 is 25.4 Å². The summed E-state index contributed by atoms with van der Waals surface area (Å²) in [6, 6.07) is 3.75. The van der Waals surface area contributed by atoms with Crippen LogP contribution in [-0.4, -0.2) is 59.5 Å². The molecule has 0 amide bonds. The van der Waals surface area contributed by atoms with Gasteiger partial charge in [-0.1, -0.05) is 6.08 Å². The summed E-state index contributed by atoms with van der Waals surface area (Å²) in [5.74, 6) is 0.339. The number of aliphatic hydroxyl groups excluding tert-OH is 3. The molecule has 0 bridgehead atoms. The summed E-state index contributed by atoms with van der Waals surface area (Å²) in [5.41, 5.74) is -0.714. The van der Waals surface area contributed by atoms with Crippen LogP contribution in [0.25, 0.3) is 0 Å². The van der Waals surface area contributed by atoms with Gasteiger partial charge >= 0.3 is 6.18 Å². The first-order valence-electron chi connectivity index (χ1n) is 8.58. The summed E-state index contributed by atoms with van der Waals surface area (Å²) in [6.45, 7) is -0.172. The summed E-state index contributed by atoms with van der Waals surface area (Å²) in [4.78, 5) is 0. The number of unbranched alkanes of at least 4 members (excludes halogenated alkanes) is 1. The van der Waals surface area contributed by atoms with Crippen molar-refractivity contribution < 1.29 is 37.6 Å². The van der Waals surface area contributed by atoms with Gasteiger partial charge in [-0.3, -0.25) is 0 Å². The molecular formula is C18H23F4NO4. The van der Waals surface area contributed by atoms with Gasteiger partial charge in [0.05, 0.1) is 18.2 Å². The zero-order valence-corrected chi connectivity index (χ0v) is 14.5. The molecular weight excluding hydrogens is 370 g/mol. The third-order valence-corrected chi connectivity index (χ3v) is 4.37. The fourth-order valence-electron chi connectivity index (χ4n) is 2.78. The highest BCUT2D eigenvalue weighted by Crippen LogP contribution is 2.30. The Morgan fingerprint density at radius 2 is 1.67 bits per heavy atom. The lowest BCUT2D eigenvalue weighted by molar-refractivity contribution is -0.137. The van der Waals surface area contributed by atoms with Gasteiger partial charge in [-0.15, -0.1) is 0 Å². The average molecular weight is 393 g/mol. The molecule has 0 spiro atoms. The average Bonchev–Trinajstić information content (AvgIpc) is 2.64. The van der Waals surface area contributed by atoms with E-state index < -0.39 is 42.8 Å². The Bertz CT molecular complexity index is 621. The summed E-state index contributed by atoms with van der Waals surface area (Å²) in [5, 5.41) is 32.2. The van der Waals surface area contributed by atoms with Crippen LogP contribution in [0.1, 0.15) is 18.4 Å². The Balaban J connectivity index is 1.69. The molecule has 2 rings (SSSR count). The number of nitrogens with one attached hydrogen (secondary N) is 1. The van der Waals surface area contributed by atoms with Gasteiger partial charge in [-0.05, 0) is 49.2 Å². The van der Waals surface area contributed by atoms with Gasteiger partial charge in [0.25, 0.3) is 0 Å². The molecule has 0 saturated carbocycles. The van der Waals surface area contributed by atoms with Crippen molar-refractivity contribution >= 4 is 0 Å². The minimum atomic E-state index is -4.38. The number of hydrogen-bond acceptors (Lipinski definition) is 5. The highest BCUT2D eigenvalue weighted by molar-refractivity contribution is 5.28. The maximum atomic E-state index is 12.8. The van der Waals surface area contributed by atoms with Crippen molar-refractivity contribution in [3.8, 4) is 5.75 Å². The van der Waals surface area contributed by atoms with Gasteiger partial charge in [0, 0.05) is 0 Å². The number of rotatable bonds is 8. The molecule has 0 aromatic heterocycles. The summed E-state index contributed by atoms with van der Waals surface area (Å²) in [7, 11) is 0. The second kappa shape index (κ2) is 9.50. The SMILES string of the molecule is O[C@@H]1[C@@H](O)[C@@H](O)C(CF)=C[C@H]1NCCCCOc1ccc(C(F)(F)F)cc1. The Hall–Kier alpha value is -1.68. The number of ether oxygens (including phenoxy) is 1. The van der Waals surface area contributed by atoms with Crippen LogP contribution < -0.4 is 10.1 Å². The summed E-state index contributed by atoms with van der Waals surface area (Å²) >= 11 is 0. The van der Waals surface area contributed by atoms with Crippen molar-refractivity contribution in [3.63, 3.8) is 0 Å². The normalized spacial score (nSPS) is 26.0. The van der Waals surface area contributed by atoms with E-state index in [9.17, 15) is 32.9 Å². The fraction of sp³-hybridized carbons (Fsp3) is 0.556. The minimum Gasteiger partial charge on any atom is -0.494 e. The molecule has 0 heterocycles. The minimum absolute atomic E-state index is 0.0240. The van der Waals surface area contributed by atoms with Crippen molar-refractivity contribution in [2.24, 2.45) is 0 Å². The van der Waals surface area contributed by atoms with E-state index in [1.54, 1.807) is 0 Å². The van der Waals surface area contributed by atoms with Crippen LogP contribution >= 0.6 is 0 Å². The van der Waals surface area contributed by atoms with Crippen LogP contribution in [0.15, 0.2) is 35.9 Å². The Kier molecular flexibility index (Phi) is 7.60. The molecule has 0 unspecified atom stereocenters. The molecule has 27 heavy (non-hydrogen) atoms. The van der Waals surface area contributed by atoms with Gasteiger partial charge in [-0.25, -0.2) is 4.39 Å². The second-order valence-corrected chi connectivity index (χ2v) is 6.36. The lowest BCUT2D eigenvalue weighted by Gasteiger charge is -2.34. The first kappa shape index (κ1) is 21.6. The molecule has 4 N–H and O–H groups in total. The van der Waals surface area contributed by atoms with Gasteiger partial charge in [0.2, 0.25) is 0 Å². The standard InChI is InChI=1S/C18H23F4NO4/c19-10-11-9-14(16(25)17(26)15(11)24)23-7-1-2-8-27-13-5-3-12(4-6-13)18(20,21)22/h3-6,9,14-17,23-26H,1-2,7-8,10H2/t14-,15+,16+,17+/m1/s1. The van der Waals surface area contributed by atoms with Gasteiger partial charge in [0.1, 0.15) is 30.7 Å². The van der Waals surface area contributed by atoms with Crippen molar-refractivity contribution in [3.05, 3.63) is 41.5 Å². The molecule has 9 heteroatoms. The van der Waals surface area contributed by atoms with E-state index in [2.05, 4.69) is 5.32 Å². The predicted molar refractivity (Wildman–Crippen MR) is 90.0 cm³/mol. The van der Waals surface area contributed by atoms with Crippen molar-refractivity contribution in [2.45, 2.75) is 43.4 Å². The topological polar surface area (TPSA) is 82.0 Å². The number of halogens is 4. The van der Waals surface area contributed by atoms with Crippen molar-refractivity contribution in [1.82, 2.24) is 5.32 Å². The van der Waals surface area contributed by atoms with E-state index in [0.717, 1.165) is 12.1 Å². The monoisotopic (exact) mass is 393 g/mol. The van der Waals surface area contributed by atoms with E-state index in [4.69, 9.17) is 4.74 Å². The zero-order chi connectivity index (χ0) is 20.0. The molecule has 4 atom stereocenters. The smallest absolute Gasteiger partial charge is 0.416 e. The quantitative estimate of drug-likeness (QED) is 0.308. The Morgan fingerprint density at radius 3 is 2.26 bits per heavy atom. The van der Waals surface area contributed by atoms with Crippen LogP contribution in [0.4, 0.5) is 17.6 Å². The highest BCUT2D eigenvalue weighted by Gasteiger charge is 2.36. The van der Waals surface area contributed by atoms with Gasteiger partial charge in [-0.2, -0.15) is 13.2 Å². The van der Waals surface area contributed by atoms with E-state index >= 15 is 0 Å². The maximum Gasteiger partial charge on any atom is 0.416 e. The largest absolute Gasteiger partial charge is 0.494 e. The molecule has 0 saturated heterocycles. The molecule has 0 radical (unpaired) electrons. The van der Waals surface area contributed by atoms with Gasteiger partial charge in [0.15, 0.2) is 0 Å². The Morgan fingerprint density at radius 1 is 1.00 bits per heavy atom. The molecule has 5 nitrogen and oxygen atoms in total. The molecule has 1 aromatic carbocycles. The van der Waals surface area contributed by atoms with Crippen LogP contribution in [0.5, 0.6) is 5.75 Å². The highest BCUT2D eigenvalue weighted by atomic mass is 19.4. The van der Waals surface area contributed by atoms with Crippen LogP contribution in [0.3, 0.4) is 0 Å². The van der Waals surface area contributed by atoms with Crippen LogP contribution in [0.2, 0.25) is 0 Å². The first-order valence-corrected chi connectivity index (χ1v) is 8.58.